The summed E-state index contributed by atoms with van der Waals surface area (Å²) in [6.07, 6.45) is 2.36. The van der Waals surface area contributed by atoms with E-state index in [9.17, 15) is 4.39 Å². The Morgan fingerprint density at radius 3 is 2.95 bits per heavy atom. The SMILES string of the molecule is Cc1cc2c(cc1F)nc(N)n2C(C)Cc1ccco1. The number of aromatic nitrogens is 2. The molecule has 5 heteroatoms. The minimum Gasteiger partial charge on any atom is -0.469 e. The summed E-state index contributed by atoms with van der Waals surface area (Å²) in [5.74, 6) is 1.02. The quantitative estimate of drug-likeness (QED) is 0.795. The Labute approximate surface area is 116 Å². The maximum Gasteiger partial charge on any atom is 0.201 e. The van der Waals surface area contributed by atoms with E-state index in [1.165, 1.54) is 6.07 Å². The first-order chi connectivity index (χ1) is 9.56. The second kappa shape index (κ2) is 4.67. The molecule has 2 aromatic heterocycles. The van der Waals surface area contributed by atoms with Crippen LogP contribution in [0.1, 0.15) is 24.3 Å². The molecule has 0 aliphatic heterocycles. The van der Waals surface area contributed by atoms with E-state index in [1.807, 2.05) is 23.6 Å². The zero-order valence-electron chi connectivity index (χ0n) is 11.4. The smallest absolute Gasteiger partial charge is 0.201 e. The summed E-state index contributed by atoms with van der Waals surface area (Å²) < 4.78 is 20.9. The molecule has 1 unspecified atom stereocenters. The highest BCUT2D eigenvalue weighted by Gasteiger charge is 2.16. The van der Waals surface area contributed by atoms with Crippen molar-refractivity contribution in [3.05, 3.63) is 47.7 Å². The molecular formula is C15H16FN3O. The first-order valence-electron chi connectivity index (χ1n) is 6.52. The van der Waals surface area contributed by atoms with Crippen LogP contribution >= 0.6 is 0 Å². The lowest BCUT2D eigenvalue weighted by molar-refractivity contribution is 0.456. The number of nitrogen functional groups attached to an aromatic ring is 1. The van der Waals surface area contributed by atoms with Crippen LogP contribution < -0.4 is 5.73 Å². The van der Waals surface area contributed by atoms with Crippen molar-refractivity contribution >= 4 is 17.0 Å². The monoisotopic (exact) mass is 273 g/mol. The molecule has 0 saturated heterocycles. The van der Waals surface area contributed by atoms with Gasteiger partial charge in [0.15, 0.2) is 0 Å². The van der Waals surface area contributed by atoms with Crippen molar-refractivity contribution in [3.8, 4) is 0 Å². The molecule has 4 nitrogen and oxygen atoms in total. The minimum absolute atomic E-state index is 0.0796. The fourth-order valence-electron chi connectivity index (χ4n) is 2.51. The number of rotatable bonds is 3. The fourth-order valence-corrected chi connectivity index (χ4v) is 2.51. The average molecular weight is 273 g/mol. The molecule has 0 aliphatic rings. The first kappa shape index (κ1) is 12.7. The predicted molar refractivity (Wildman–Crippen MR) is 76.0 cm³/mol. The van der Waals surface area contributed by atoms with Crippen LogP contribution in [0.2, 0.25) is 0 Å². The Balaban J connectivity index is 2.06. The number of anilines is 1. The lowest BCUT2D eigenvalue weighted by Crippen LogP contribution is -2.11. The molecule has 0 bridgehead atoms. The van der Waals surface area contributed by atoms with Gasteiger partial charge in [0.25, 0.3) is 0 Å². The highest BCUT2D eigenvalue weighted by molar-refractivity contribution is 5.79. The number of fused-ring (bicyclic) bond motifs is 1. The van der Waals surface area contributed by atoms with Gasteiger partial charge >= 0.3 is 0 Å². The van der Waals surface area contributed by atoms with Crippen molar-refractivity contribution in [1.29, 1.82) is 0 Å². The number of furan rings is 1. The lowest BCUT2D eigenvalue weighted by Gasteiger charge is -2.15. The van der Waals surface area contributed by atoms with Crippen molar-refractivity contribution < 1.29 is 8.81 Å². The van der Waals surface area contributed by atoms with Crippen molar-refractivity contribution in [2.75, 3.05) is 5.73 Å². The summed E-state index contributed by atoms with van der Waals surface area (Å²) >= 11 is 0. The molecule has 104 valence electrons. The molecule has 0 amide bonds. The van der Waals surface area contributed by atoms with Crippen molar-refractivity contribution in [2.45, 2.75) is 26.3 Å². The number of benzene rings is 1. The van der Waals surface area contributed by atoms with Gasteiger partial charge in [0.2, 0.25) is 5.95 Å². The van der Waals surface area contributed by atoms with E-state index in [-0.39, 0.29) is 11.9 Å². The highest BCUT2D eigenvalue weighted by Crippen LogP contribution is 2.27. The Morgan fingerprint density at radius 2 is 2.25 bits per heavy atom. The van der Waals surface area contributed by atoms with Crippen LogP contribution in [0.25, 0.3) is 11.0 Å². The number of aryl methyl sites for hydroxylation is 1. The summed E-state index contributed by atoms with van der Waals surface area (Å²) in [7, 11) is 0. The molecule has 0 aliphatic carbocycles. The summed E-state index contributed by atoms with van der Waals surface area (Å²) in [5.41, 5.74) is 8.00. The molecule has 1 atom stereocenters. The van der Waals surface area contributed by atoms with Gasteiger partial charge in [0.1, 0.15) is 11.6 Å². The molecule has 0 spiro atoms. The van der Waals surface area contributed by atoms with Crippen molar-refractivity contribution in [2.24, 2.45) is 0 Å². The van der Waals surface area contributed by atoms with E-state index in [2.05, 4.69) is 4.98 Å². The summed E-state index contributed by atoms with van der Waals surface area (Å²) in [6, 6.07) is 7.08. The van der Waals surface area contributed by atoms with E-state index in [1.54, 1.807) is 19.3 Å². The van der Waals surface area contributed by atoms with Crippen LogP contribution in [0.5, 0.6) is 0 Å². The summed E-state index contributed by atoms with van der Waals surface area (Å²) in [6.45, 7) is 3.78. The van der Waals surface area contributed by atoms with Gasteiger partial charge in [-0.1, -0.05) is 0 Å². The van der Waals surface area contributed by atoms with Crippen LogP contribution in [-0.2, 0) is 6.42 Å². The number of hydrogen-bond donors (Lipinski definition) is 1. The Bertz CT molecular complexity index is 746. The van der Waals surface area contributed by atoms with Crippen LogP contribution in [0.3, 0.4) is 0 Å². The number of hydrogen-bond acceptors (Lipinski definition) is 3. The van der Waals surface area contributed by atoms with Crippen LogP contribution in [0, 0.1) is 12.7 Å². The van der Waals surface area contributed by atoms with Gasteiger partial charge in [-0.25, -0.2) is 9.37 Å². The second-order valence-electron chi connectivity index (χ2n) is 5.06. The molecule has 0 saturated carbocycles. The molecule has 3 rings (SSSR count). The zero-order chi connectivity index (χ0) is 14.3. The molecule has 0 fully saturated rings. The second-order valence-corrected chi connectivity index (χ2v) is 5.06. The van der Waals surface area contributed by atoms with E-state index in [0.29, 0.717) is 23.4 Å². The molecule has 20 heavy (non-hydrogen) atoms. The third kappa shape index (κ3) is 2.05. The zero-order valence-corrected chi connectivity index (χ0v) is 11.4. The standard InChI is InChI=1S/C15H16FN3O/c1-9-6-14-13(8-12(9)16)18-15(17)19(14)10(2)7-11-4-3-5-20-11/h3-6,8,10H,7H2,1-2H3,(H2,17,18). The summed E-state index contributed by atoms with van der Waals surface area (Å²) in [4.78, 5) is 4.24. The third-order valence-electron chi connectivity index (χ3n) is 3.51. The molecular weight excluding hydrogens is 257 g/mol. The predicted octanol–water partition coefficient (Wildman–Crippen LogP) is 3.46. The van der Waals surface area contributed by atoms with Gasteiger partial charge in [0.05, 0.1) is 17.3 Å². The van der Waals surface area contributed by atoms with Crippen molar-refractivity contribution in [1.82, 2.24) is 9.55 Å². The van der Waals surface area contributed by atoms with E-state index in [0.717, 1.165) is 11.3 Å². The molecule has 1 aromatic carbocycles. The van der Waals surface area contributed by atoms with E-state index >= 15 is 0 Å². The van der Waals surface area contributed by atoms with E-state index in [4.69, 9.17) is 10.2 Å². The largest absolute Gasteiger partial charge is 0.469 e. The van der Waals surface area contributed by atoms with Crippen LogP contribution in [-0.4, -0.2) is 9.55 Å². The molecule has 0 radical (unpaired) electrons. The topological polar surface area (TPSA) is 57.0 Å². The van der Waals surface area contributed by atoms with E-state index < -0.39 is 0 Å². The number of imidazole rings is 1. The third-order valence-corrected chi connectivity index (χ3v) is 3.51. The number of halogens is 1. The molecule has 2 heterocycles. The molecule has 2 N–H and O–H groups in total. The van der Waals surface area contributed by atoms with Gasteiger partial charge in [-0.2, -0.15) is 0 Å². The normalized spacial score (nSPS) is 12.9. The van der Waals surface area contributed by atoms with Gasteiger partial charge < -0.3 is 14.7 Å². The summed E-state index contributed by atoms with van der Waals surface area (Å²) in [5, 5.41) is 0. The lowest BCUT2D eigenvalue weighted by atomic mass is 10.1. The minimum atomic E-state index is -0.263. The van der Waals surface area contributed by atoms with Gasteiger partial charge in [0, 0.05) is 18.5 Å². The van der Waals surface area contributed by atoms with Crippen LogP contribution in [0.15, 0.2) is 34.9 Å². The molecule has 3 aromatic rings. The highest BCUT2D eigenvalue weighted by atomic mass is 19.1. The van der Waals surface area contributed by atoms with Crippen LogP contribution in [0.4, 0.5) is 10.3 Å². The Hall–Kier alpha value is -2.30. The maximum atomic E-state index is 13.6. The number of nitrogens with two attached hydrogens (primary N) is 1. The average Bonchev–Trinajstić information content (AvgIpc) is 2.97. The van der Waals surface area contributed by atoms with Gasteiger partial charge in [-0.05, 0) is 37.6 Å². The fraction of sp³-hybridized carbons (Fsp3) is 0.267. The van der Waals surface area contributed by atoms with Gasteiger partial charge in [-0.3, -0.25) is 0 Å². The van der Waals surface area contributed by atoms with Crippen molar-refractivity contribution in [3.63, 3.8) is 0 Å². The number of nitrogens with zero attached hydrogens (tertiary/aromatic N) is 2. The Kier molecular flexibility index (Phi) is 2.97. The Morgan fingerprint density at radius 1 is 1.45 bits per heavy atom. The first-order valence-corrected chi connectivity index (χ1v) is 6.52. The maximum absolute atomic E-state index is 13.6. The van der Waals surface area contributed by atoms with Gasteiger partial charge in [-0.15, -0.1) is 0 Å².